The average molecular weight is 258 g/mol. The lowest BCUT2D eigenvalue weighted by atomic mass is 10.1. The highest BCUT2D eigenvalue weighted by Gasteiger charge is 2.03. The molecule has 3 heteroatoms. The van der Waals surface area contributed by atoms with Gasteiger partial charge >= 0.3 is 0 Å². The van der Waals surface area contributed by atoms with Crippen LogP contribution in [0.15, 0.2) is 48.5 Å². The van der Waals surface area contributed by atoms with Gasteiger partial charge in [-0.1, -0.05) is 30.3 Å². The summed E-state index contributed by atoms with van der Waals surface area (Å²) in [5.41, 5.74) is 8.75. The van der Waals surface area contributed by atoms with Crippen molar-refractivity contribution in [2.45, 2.75) is 12.8 Å². The van der Waals surface area contributed by atoms with Crippen LogP contribution in [0.5, 0.6) is 0 Å². The molecule has 0 amide bonds. The molecule has 0 aliphatic carbocycles. The van der Waals surface area contributed by atoms with Crippen molar-refractivity contribution < 1.29 is 4.39 Å². The predicted octanol–water partition coefficient (Wildman–Crippen LogP) is 2.98. The summed E-state index contributed by atoms with van der Waals surface area (Å²) in [4.78, 5) is 0. The zero-order valence-corrected chi connectivity index (χ0v) is 10.9. The van der Waals surface area contributed by atoms with Crippen LogP contribution in [-0.2, 0) is 12.8 Å². The van der Waals surface area contributed by atoms with Gasteiger partial charge in [0, 0.05) is 12.2 Å². The molecule has 2 aromatic carbocycles. The molecule has 0 aliphatic heterocycles. The number of nitrogens with one attached hydrogen (secondary N) is 1. The van der Waals surface area contributed by atoms with Crippen LogP contribution in [0.3, 0.4) is 0 Å². The lowest BCUT2D eigenvalue weighted by Crippen LogP contribution is -2.10. The van der Waals surface area contributed by atoms with Gasteiger partial charge in [-0.25, -0.2) is 4.39 Å². The number of hydrogen-bond donors (Lipinski definition) is 2. The SMILES string of the molecule is NCCc1cc(F)ccc1NCCc1ccccc1. The number of rotatable bonds is 6. The van der Waals surface area contributed by atoms with E-state index >= 15 is 0 Å². The highest BCUT2D eigenvalue weighted by molar-refractivity contribution is 5.51. The molecule has 0 bridgehead atoms. The second-order valence-electron chi connectivity index (χ2n) is 4.50. The van der Waals surface area contributed by atoms with E-state index in [1.54, 1.807) is 12.1 Å². The Kier molecular flexibility index (Phi) is 4.93. The number of anilines is 1. The molecule has 0 aromatic heterocycles. The lowest BCUT2D eigenvalue weighted by Gasteiger charge is -2.11. The molecule has 0 saturated heterocycles. The van der Waals surface area contributed by atoms with Crippen molar-refractivity contribution in [3.63, 3.8) is 0 Å². The topological polar surface area (TPSA) is 38.0 Å². The zero-order valence-electron chi connectivity index (χ0n) is 10.9. The summed E-state index contributed by atoms with van der Waals surface area (Å²) in [6.45, 7) is 1.35. The molecule has 0 spiro atoms. The molecule has 0 saturated carbocycles. The predicted molar refractivity (Wildman–Crippen MR) is 77.8 cm³/mol. The van der Waals surface area contributed by atoms with Crippen LogP contribution in [0, 0.1) is 5.82 Å². The second-order valence-corrected chi connectivity index (χ2v) is 4.50. The maximum Gasteiger partial charge on any atom is 0.123 e. The standard InChI is InChI=1S/C16H19FN2/c17-15-6-7-16(14(12-15)8-10-18)19-11-9-13-4-2-1-3-5-13/h1-7,12,19H,8-11,18H2. The molecule has 0 heterocycles. The van der Waals surface area contributed by atoms with Gasteiger partial charge in [0.25, 0.3) is 0 Å². The summed E-state index contributed by atoms with van der Waals surface area (Å²) in [5, 5.41) is 3.35. The minimum atomic E-state index is -0.211. The summed E-state index contributed by atoms with van der Waals surface area (Å²) in [6.07, 6.45) is 1.63. The highest BCUT2D eigenvalue weighted by atomic mass is 19.1. The zero-order chi connectivity index (χ0) is 13.5. The normalized spacial score (nSPS) is 10.4. The fourth-order valence-electron chi connectivity index (χ4n) is 2.08. The molecule has 19 heavy (non-hydrogen) atoms. The number of hydrogen-bond acceptors (Lipinski definition) is 2. The molecule has 0 radical (unpaired) electrons. The summed E-state index contributed by atoms with van der Waals surface area (Å²) < 4.78 is 13.2. The van der Waals surface area contributed by atoms with E-state index in [4.69, 9.17) is 5.73 Å². The monoisotopic (exact) mass is 258 g/mol. The van der Waals surface area contributed by atoms with E-state index in [0.29, 0.717) is 13.0 Å². The molecule has 0 aliphatic rings. The Morgan fingerprint density at radius 1 is 1.00 bits per heavy atom. The Bertz CT molecular complexity index is 511. The maximum atomic E-state index is 13.2. The van der Waals surface area contributed by atoms with Gasteiger partial charge in [-0.15, -0.1) is 0 Å². The summed E-state index contributed by atoms with van der Waals surface area (Å²) in [7, 11) is 0. The van der Waals surface area contributed by atoms with Gasteiger partial charge in [-0.05, 0) is 48.7 Å². The molecular weight excluding hydrogens is 239 g/mol. The third-order valence-corrected chi connectivity index (χ3v) is 3.05. The van der Waals surface area contributed by atoms with Gasteiger partial charge in [0.1, 0.15) is 5.82 Å². The van der Waals surface area contributed by atoms with Crippen LogP contribution < -0.4 is 11.1 Å². The maximum absolute atomic E-state index is 13.2. The minimum Gasteiger partial charge on any atom is -0.384 e. The third-order valence-electron chi connectivity index (χ3n) is 3.05. The Morgan fingerprint density at radius 3 is 2.53 bits per heavy atom. The van der Waals surface area contributed by atoms with Gasteiger partial charge in [-0.2, -0.15) is 0 Å². The van der Waals surface area contributed by atoms with E-state index in [0.717, 1.165) is 24.2 Å². The van der Waals surface area contributed by atoms with Crippen LogP contribution in [-0.4, -0.2) is 13.1 Å². The molecule has 2 rings (SSSR count). The van der Waals surface area contributed by atoms with E-state index in [9.17, 15) is 4.39 Å². The molecule has 0 unspecified atom stereocenters. The molecule has 2 aromatic rings. The van der Waals surface area contributed by atoms with Crippen LogP contribution in [0.4, 0.5) is 10.1 Å². The highest BCUT2D eigenvalue weighted by Crippen LogP contribution is 2.17. The van der Waals surface area contributed by atoms with Crippen LogP contribution in [0.25, 0.3) is 0 Å². The number of benzene rings is 2. The first kappa shape index (κ1) is 13.6. The van der Waals surface area contributed by atoms with Gasteiger partial charge < -0.3 is 11.1 Å². The van der Waals surface area contributed by atoms with E-state index in [-0.39, 0.29) is 5.82 Å². The van der Waals surface area contributed by atoms with Gasteiger partial charge in [0.05, 0.1) is 0 Å². The summed E-state index contributed by atoms with van der Waals surface area (Å²) >= 11 is 0. The number of nitrogens with two attached hydrogens (primary N) is 1. The Balaban J connectivity index is 1.95. The first-order chi connectivity index (χ1) is 9.29. The molecule has 0 fully saturated rings. The first-order valence-corrected chi connectivity index (χ1v) is 6.56. The molecule has 100 valence electrons. The van der Waals surface area contributed by atoms with E-state index in [1.165, 1.54) is 11.6 Å². The van der Waals surface area contributed by atoms with Crippen molar-refractivity contribution in [3.05, 3.63) is 65.5 Å². The van der Waals surface area contributed by atoms with Crippen LogP contribution in [0.1, 0.15) is 11.1 Å². The summed E-state index contributed by atoms with van der Waals surface area (Å²) in [5.74, 6) is -0.211. The van der Waals surface area contributed by atoms with Crippen molar-refractivity contribution in [2.75, 3.05) is 18.4 Å². The molecule has 3 N–H and O–H groups in total. The van der Waals surface area contributed by atoms with Crippen LogP contribution >= 0.6 is 0 Å². The smallest absolute Gasteiger partial charge is 0.123 e. The number of halogens is 1. The van der Waals surface area contributed by atoms with Crippen molar-refractivity contribution in [3.8, 4) is 0 Å². The van der Waals surface area contributed by atoms with Gasteiger partial charge in [-0.3, -0.25) is 0 Å². The molecular formula is C16H19FN2. The Morgan fingerprint density at radius 2 is 1.79 bits per heavy atom. The lowest BCUT2D eigenvalue weighted by molar-refractivity contribution is 0.625. The van der Waals surface area contributed by atoms with E-state index < -0.39 is 0 Å². The largest absolute Gasteiger partial charge is 0.384 e. The summed E-state index contributed by atoms with van der Waals surface area (Å²) in [6, 6.07) is 15.1. The average Bonchev–Trinajstić information content (AvgIpc) is 2.43. The van der Waals surface area contributed by atoms with E-state index in [1.807, 2.05) is 18.2 Å². The fourth-order valence-corrected chi connectivity index (χ4v) is 2.08. The van der Waals surface area contributed by atoms with Crippen LogP contribution in [0.2, 0.25) is 0 Å². The Hall–Kier alpha value is -1.87. The Labute approximate surface area is 113 Å². The van der Waals surface area contributed by atoms with Crippen molar-refractivity contribution in [1.29, 1.82) is 0 Å². The van der Waals surface area contributed by atoms with Crippen molar-refractivity contribution in [2.24, 2.45) is 5.73 Å². The van der Waals surface area contributed by atoms with E-state index in [2.05, 4.69) is 17.4 Å². The van der Waals surface area contributed by atoms with Crippen molar-refractivity contribution in [1.82, 2.24) is 0 Å². The fraction of sp³-hybridized carbons (Fsp3) is 0.250. The third kappa shape index (κ3) is 4.07. The molecule has 0 atom stereocenters. The minimum absolute atomic E-state index is 0.211. The van der Waals surface area contributed by atoms with Crippen molar-refractivity contribution >= 4 is 5.69 Å². The van der Waals surface area contributed by atoms with Gasteiger partial charge in [0.2, 0.25) is 0 Å². The first-order valence-electron chi connectivity index (χ1n) is 6.56. The molecule has 2 nitrogen and oxygen atoms in total. The second kappa shape index (κ2) is 6.90. The quantitative estimate of drug-likeness (QED) is 0.836. The van der Waals surface area contributed by atoms with Gasteiger partial charge in [0.15, 0.2) is 0 Å².